The minimum absolute atomic E-state index is 0.326. The van der Waals surface area contributed by atoms with E-state index in [9.17, 15) is 9.59 Å². The third-order valence-electron chi connectivity index (χ3n) is 2.23. The zero-order valence-corrected chi connectivity index (χ0v) is 10.1. The molecule has 0 saturated carbocycles. The van der Waals surface area contributed by atoms with Gasteiger partial charge in [0.25, 0.3) is 5.56 Å². The van der Waals surface area contributed by atoms with Crippen LogP contribution in [-0.4, -0.2) is 9.55 Å². The van der Waals surface area contributed by atoms with Gasteiger partial charge < -0.3 is 0 Å². The van der Waals surface area contributed by atoms with E-state index in [-0.39, 0.29) is 0 Å². The van der Waals surface area contributed by atoms with Gasteiger partial charge in [0.1, 0.15) is 0 Å². The number of rotatable bonds is 2. The van der Waals surface area contributed by atoms with E-state index in [2.05, 4.69) is 4.98 Å². The largest absolute Gasteiger partial charge is 0.328 e. The van der Waals surface area contributed by atoms with E-state index in [4.69, 9.17) is 23.2 Å². The van der Waals surface area contributed by atoms with Gasteiger partial charge in [-0.1, -0.05) is 29.3 Å². The number of aromatic amines is 1. The summed E-state index contributed by atoms with van der Waals surface area (Å²) in [5, 5.41) is 0.894. The van der Waals surface area contributed by atoms with E-state index in [0.29, 0.717) is 16.6 Å². The highest BCUT2D eigenvalue weighted by molar-refractivity contribution is 6.42. The van der Waals surface area contributed by atoms with Crippen molar-refractivity contribution in [3.63, 3.8) is 0 Å². The van der Waals surface area contributed by atoms with Gasteiger partial charge in [-0.15, -0.1) is 0 Å². The van der Waals surface area contributed by atoms with Gasteiger partial charge >= 0.3 is 5.69 Å². The molecular weight excluding hydrogens is 263 g/mol. The number of halogens is 2. The van der Waals surface area contributed by atoms with Gasteiger partial charge in [-0.25, -0.2) is 4.79 Å². The first kappa shape index (κ1) is 12.0. The molecule has 0 amide bonds. The maximum Gasteiger partial charge on any atom is 0.328 e. The summed E-state index contributed by atoms with van der Waals surface area (Å²) in [6.45, 7) is 0.326. The molecule has 0 bridgehead atoms. The second-order valence-electron chi connectivity index (χ2n) is 3.49. The molecule has 17 heavy (non-hydrogen) atoms. The molecule has 2 aromatic rings. The zero-order valence-electron chi connectivity index (χ0n) is 8.61. The predicted octanol–water partition coefficient (Wildman–Crippen LogP) is 1.89. The summed E-state index contributed by atoms with van der Waals surface area (Å²) in [4.78, 5) is 24.5. The number of nitrogens with zero attached hydrogens (tertiary/aromatic N) is 1. The van der Waals surface area contributed by atoms with Gasteiger partial charge in [0, 0.05) is 12.3 Å². The molecule has 0 fully saturated rings. The topological polar surface area (TPSA) is 54.9 Å². The second-order valence-corrected chi connectivity index (χ2v) is 4.30. The van der Waals surface area contributed by atoms with Crippen molar-refractivity contribution in [1.82, 2.24) is 9.55 Å². The van der Waals surface area contributed by atoms with Crippen LogP contribution in [0, 0.1) is 0 Å². The van der Waals surface area contributed by atoms with Crippen LogP contribution >= 0.6 is 23.2 Å². The minimum atomic E-state index is -0.455. The summed E-state index contributed by atoms with van der Waals surface area (Å²) < 4.78 is 1.38. The maximum atomic E-state index is 11.4. The highest BCUT2D eigenvalue weighted by atomic mass is 35.5. The Bertz CT molecular complexity index is 661. The van der Waals surface area contributed by atoms with Gasteiger partial charge in [0.2, 0.25) is 0 Å². The number of aromatic nitrogens is 2. The Morgan fingerprint density at radius 2 is 1.88 bits per heavy atom. The lowest BCUT2D eigenvalue weighted by molar-refractivity contribution is 0.720. The highest BCUT2D eigenvalue weighted by Gasteiger charge is 2.02. The fraction of sp³-hybridized carbons (Fsp3) is 0.0909. The molecule has 0 unspecified atom stereocenters. The summed E-state index contributed by atoms with van der Waals surface area (Å²) in [6, 6.07) is 6.40. The molecule has 88 valence electrons. The third kappa shape index (κ3) is 2.78. The van der Waals surface area contributed by atoms with Crippen LogP contribution in [0.3, 0.4) is 0 Å². The molecule has 0 radical (unpaired) electrons. The molecule has 0 aliphatic rings. The van der Waals surface area contributed by atoms with Gasteiger partial charge in [-0.3, -0.25) is 14.3 Å². The first-order chi connectivity index (χ1) is 8.06. The van der Waals surface area contributed by atoms with Crippen LogP contribution in [0.2, 0.25) is 10.0 Å². The summed E-state index contributed by atoms with van der Waals surface area (Å²) in [5.41, 5.74) is -0.0440. The van der Waals surface area contributed by atoms with Crippen LogP contribution in [0.15, 0.2) is 40.1 Å². The van der Waals surface area contributed by atoms with Crippen LogP contribution in [0.1, 0.15) is 5.56 Å². The first-order valence-electron chi connectivity index (χ1n) is 4.80. The maximum absolute atomic E-state index is 11.4. The van der Waals surface area contributed by atoms with Crippen molar-refractivity contribution in [2.75, 3.05) is 0 Å². The minimum Gasteiger partial charge on any atom is -0.296 e. The number of hydrogen-bond donors (Lipinski definition) is 1. The van der Waals surface area contributed by atoms with Crippen molar-refractivity contribution in [3.05, 3.63) is 66.9 Å². The molecule has 1 heterocycles. The van der Waals surface area contributed by atoms with E-state index in [1.54, 1.807) is 18.2 Å². The first-order valence-corrected chi connectivity index (χ1v) is 5.55. The SMILES string of the molecule is O=c1ccn(Cc2ccc(Cl)c(Cl)c2)c(=O)[nH]1. The van der Waals surface area contributed by atoms with E-state index < -0.39 is 11.2 Å². The summed E-state index contributed by atoms with van der Waals surface area (Å²) in [6.07, 6.45) is 1.43. The quantitative estimate of drug-likeness (QED) is 0.906. The smallest absolute Gasteiger partial charge is 0.296 e. The molecule has 4 nitrogen and oxygen atoms in total. The molecule has 0 aliphatic heterocycles. The average molecular weight is 271 g/mol. The number of H-pyrrole nitrogens is 1. The monoisotopic (exact) mass is 270 g/mol. The molecule has 0 aliphatic carbocycles. The van der Waals surface area contributed by atoms with Crippen LogP contribution in [0.4, 0.5) is 0 Å². The molecule has 6 heteroatoms. The van der Waals surface area contributed by atoms with Crippen LogP contribution in [-0.2, 0) is 6.54 Å². The van der Waals surface area contributed by atoms with Crippen LogP contribution in [0.25, 0.3) is 0 Å². The summed E-state index contributed by atoms with van der Waals surface area (Å²) in [5.74, 6) is 0. The number of nitrogens with one attached hydrogen (secondary N) is 1. The molecule has 0 saturated heterocycles. The average Bonchev–Trinajstić information content (AvgIpc) is 2.27. The van der Waals surface area contributed by atoms with E-state index in [1.165, 1.54) is 16.8 Å². The fourth-order valence-electron chi connectivity index (χ4n) is 1.40. The van der Waals surface area contributed by atoms with Crippen molar-refractivity contribution in [3.8, 4) is 0 Å². The van der Waals surface area contributed by atoms with E-state index in [1.807, 2.05) is 0 Å². The zero-order chi connectivity index (χ0) is 12.4. The van der Waals surface area contributed by atoms with Crippen molar-refractivity contribution in [1.29, 1.82) is 0 Å². The molecule has 0 atom stereocenters. The Labute approximate surface area is 106 Å². The number of benzene rings is 1. The lowest BCUT2D eigenvalue weighted by Gasteiger charge is -2.05. The predicted molar refractivity (Wildman–Crippen MR) is 66.9 cm³/mol. The Balaban J connectivity index is 2.35. The molecule has 1 N–H and O–H groups in total. The van der Waals surface area contributed by atoms with Crippen molar-refractivity contribution >= 4 is 23.2 Å². The van der Waals surface area contributed by atoms with Gasteiger partial charge in [0.05, 0.1) is 16.6 Å². The van der Waals surface area contributed by atoms with Crippen LogP contribution in [0.5, 0.6) is 0 Å². The Morgan fingerprint density at radius 3 is 2.53 bits per heavy atom. The Hall–Kier alpha value is -1.52. The third-order valence-corrected chi connectivity index (χ3v) is 2.97. The lowest BCUT2D eigenvalue weighted by atomic mass is 10.2. The highest BCUT2D eigenvalue weighted by Crippen LogP contribution is 2.22. The van der Waals surface area contributed by atoms with Gasteiger partial charge in [-0.2, -0.15) is 0 Å². The molecule has 0 spiro atoms. The van der Waals surface area contributed by atoms with Crippen molar-refractivity contribution in [2.45, 2.75) is 6.54 Å². The number of hydrogen-bond acceptors (Lipinski definition) is 2. The molecule has 1 aromatic heterocycles. The van der Waals surface area contributed by atoms with E-state index >= 15 is 0 Å². The fourth-order valence-corrected chi connectivity index (χ4v) is 1.72. The molecular formula is C11H8Cl2N2O2. The molecule has 2 rings (SSSR count). The van der Waals surface area contributed by atoms with Crippen LogP contribution < -0.4 is 11.2 Å². The van der Waals surface area contributed by atoms with E-state index in [0.717, 1.165) is 5.56 Å². The van der Waals surface area contributed by atoms with Crippen molar-refractivity contribution in [2.24, 2.45) is 0 Å². The Kier molecular flexibility index (Phi) is 3.36. The second kappa shape index (κ2) is 4.77. The standard InChI is InChI=1S/C11H8Cl2N2O2/c12-8-2-1-7(5-9(8)13)6-15-4-3-10(16)14-11(15)17/h1-5H,6H2,(H,14,16,17). The van der Waals surface area contributed by atoms with Crippen molar-refractivity contribution < 1.29 is 0 Å². The summed E-state index contributed by atoms with van der Waals surface area (Å²) >= 11 is 11.7. The normalized spacial score (nSPS) is 10.5. The summed E-state index contributed by atoms with van der Waals surface area (Å²) in [7, 11) is 0. The Morgan fingerprint density at radius 1 is 1.12 bits per heavy atom. The molecule has 1 aromatic carbocycles. The van der Waals surface area contributed by atoms with Gasteiger partial charge in [0.15, 0.2) is 0 Å². The lowest BCUT2D eigenvalue weighted by Crippen LogP contribution is -2.28. The van der Waals surface area contributed by atoms with Gasteiger partial charge in [-0.05, 0) is 17.7 Å².